The number of rotatable bonds is 6. The standard InChI is InChI=1S/C15H21NO4/c1-19-14-10-11(15(18)16-8-9-17)6-7-13(14)20-12-4-2-3-5-12/h6-7,10,12,17H,2-5,8-9H2,1H3,(H,16,18). The summed E-state index contributed by atoms with van der Waals surface area (Å²) in [6.07, 6.45) is 4.80. The number of hydrogen-bond donors (Lipinski definition) is 2. The van der Waals surface area contributed by atoms with E-state index in [1.54, 1.807) is 25.3 Å². The molecule has 1 aliphatic rings. The van der Waals surface area contributed by atoms with E-state index < -0.39 is 0 Å². The number of methoxy groups -OCH3 is 1. The molecule has 110 valence electrons. The normalized spacial score (nSPS) is 15.1. The molecule has 1 fully saturated rings. The number of benzene rings is 1. The molecule has 1 saturated carbocycles. The second-order valence-electron chi connectivity index (χ2n) is 4.87. The van der Waals surface area contributed by atoms with Gasteiger partial charge in [0.15, 0.2) is 11.5 Å². The second-order valence-corrected chi connectivity index (χ2v) is 4.87. The van der Waals surface area contributed by atoms with Crippen molar-refractivity contribution in [1.29, 1.82) is 0 Å². The molecule has 0 saturated heterocycles. The van der Waals surface area contributed by atoms with Crippen LogP contribution in [0, 0.1) is 0 Å². The molecule has 0 spiro atoms. The minimum absolute atomic E-state index is 0.0776. The molecule has 2 rings (SSSR count). The molecule has 5 nitrogen and oxygen atoms in total. The van der Waals surface area contributed by atoms with E-state index in [1.165, 1.54) is 12.8 Å². The van der Waals surface area contributed by atoms with Crippen LogP contribution in [0.5, 0.6) is 11.5 Å². The second kappa shape index (κ2) is 7.14. The van der Waals surface area contributed by atoms with Gasteiger partial charge in [0, 0.05) is 12.1 Å². The number of amides is 1. The van der Waals surface area contributed by atoms with Crippen molar-refractivity contribution in [2.75, 3.05) is 20.3 Å². The van der Waals surface area contributed by atoms with Gasteiger partial charge < -0.3 is 19.9 Å². The van der Waals surface area contributed by atoms with Crippen molar-refractivity contribution in [2.45, 2.75) is 31.8 Å². The van der Waals surface area contributed by atoms with E-state index in [0.29, 0.717) is 17.1 Å². The molecule has 5 heteroatoms. The molecule has 0 bridgehead atoms. The van der Waals surface area contributed by atoms with Crippen LogP contribution in [0.15, 0.2) is 18.2 Å². The Balaban J connectivity index is 2.08. The maximum absolute atomic E-state index is 11.8. The number of nitrogens with one attached hydrogen (secondary N) is 1. The van der Waals surface area contributed by atoms with Gasteiger partial charge in [-0.1, -0.05) is 0 Å². The van der Waals surface area contributed by atoms with Gasteiger partial charge in [0.2, 0.25) is 0 Å². The molecule has 20 heavy (non-hydrogen) atoms. The summed E-state index contributed by atoms with van der Waals surface area (Å²) in [4.78, 5) is 11.8. The van der Waals surface area contributed by atoms with Gasteiger partial charge in [0.1, 0.15) is 0 Å². The summed E-state index contributed by atoms with van der Waals surface area (Å²) >= 11 is 0. The highest BCUT2D eigenvalue weighted by Crippen LogP contribution is 2.32. The van der Waals surface area contributed by atoms with Gasteiger partial charge in [-0.25, -0.2) is 0 Å². The van der Waals surface area contributed by atoms with Crippen LogP contribution < -0.4 is 14.8 Å². The van der Waals surface area contributed by atoms with Gasteiger partial charge in [0.25, 0.3) is 5.91 Å². The third-order valence-corrected chi connectivity index (χ3v) is 3.42. The smallest absolute Gasteiger partial charge is 0.251 e. The minimum Gasteiger partial charge on any atom is -0.493 e. The van der Waals surface area contributed by atoms with Crippen molar-refractivity contribution >= 4 is 5.91 Å². The number of carbonyl (C=O) groups is 1. The monoisotopic (exact) mass is 279 g/mol. The van der Waals surface area contributed by atoms with Crippen molar-refractivity contribution in [3.63, 3.8) is 0 Å². The predicted molar refractivity (Wildman–Crippen MR) is 75.3 cm³/mol. The van der Waals surface area contributed by atoms with Gasteiger partial charge in [-0.15, -0.1) is 0 Å². The Bertz CT molecular complexity index is 455. The zero-order valence-electron chi connectivity index (χ0n) is 11.7. The van der Waals surface area contributed by atoms with Crippen LogP contribution in [0.25, 0.3) is 0 Å². The molecule has 0 unspecified atom stereocenters. The first kappa shape index (κ1) is 14.7. The lowest BCUT2D eigenvalue weighted by atomic mass is 10.2. The van der Waals surface area contributed by atoms with E-state index >= 15 is 0 Å². The molecule has 1 aromatic rings. The zero-order valence-corrected chi connectivity index (χ0v) is 11.7. The summed E-state index contributed by atoms with van der Waals surface area (Å²) in [6.45, 7) is 0.160. The fourth-order valence-corrected chi connectivity index (χ4v) is 2.36. The molecule has 0 aliphatic heterocycles. The highest BCUT2D eigenvalue weighted by atomic mass is 16.5. The van der Waals surface area contributed by atoms with E-state index in [-0.39, 0.29) is 25.2 Å². The average Bonchev–Trinajstić information content (AvgIpc) is 2.98. The van der Waals surface area contributed by atoms with Crippen LogP contribution in [0.2, 0.25) is 0 Å². The SMILES string of the molecule is COc1cc(C(=O)NCCO)ccc1OC1CCCC1. The number of aliphatic hydroxyl groups excluding tert-OH is 1. The van der Waals surface area contributed by atoms with Crippen molar-refractivity contribution < 1.29 is 19.4 Å². The Morgan fingerprint density at radius 2 is 2.10 bits per heavy atom. The minimum atomic E-state index is -0.232. The quantitative estimate of drug-likeness (QED) is 0.832. The lowest BCUT2D eigenvalue weighted by Crippen LogP contribution is -2.26. The van der Waals surface area contributed by atoms with E-state index in [4.69, 9.17) is 14.6 Å². The molecule has 0 radical (unpaired) electrons. The summed E-state index contributed by atoms with van der Waals surface area (Å²) in [7, 11) is 1.56. The fourth-order valence-electron chi connectivity index (χ4n) is 2.36. The molecular formula is C15H21NO4. The van der Waals surface area contributed by atoms with E-state index in [1.807, 2.05) is 0 Å². The summed E-state index contributed by atoms with van der Waals surface area (Å²) in [5.74, 6) is 1.01. The fraction of sp³-hybridized carbons (Fsp3) is 0.533. The number of carbonyl (C=O) groups excluding carboxylic acids is 1. The molecule has 0 atom stereocenters. The molecule has 1 amide bonds. The Morgan fingerprint density at radius 1 is 1.35 bits per heavy atom. The van der Waals surface area contributed by atoms with E-state index in [9.17, 15) is 4.79 Å². The first-order chi connectivity index (χ1) is 9.74. The molecule has 1 aromatic carbocycles. The average molecular weight is 279 g/mol. The van der Waals surface area contributed by atoms with Gasteiger partial charge in [-0.2, -0.15) is 0 Å². The Morgan fingerprint density at radius 3 is 2.75 bits per heavy atom. The molecule has 1 aliphatic carbocycles. The van der Waals surface area contributed by atoms with Crippen LogP contribution in [0.1, 0.15) is 36.0 Å². The molecule has 0 heterocycles. The van der Waals surface area contributed by atoms with Gasteiger partial charge in [-0.05, 0) is 43.9 Å². The van der Waals surface area contributed by atoms with Crippen molar-refractivity contribution in [3.05, 3.63) is 23.8 Å². The van der Waals surface area contributed by atoms with Crippen molar-refractivity contribution in [3.8, 4) is 11.5 Å². The molecule has 0 aromatic heterocycles. The Kier molecular flexibility index (Phi) is 5.24. The number of ether oxygens (including phenoxy) is 2. The predicted octanol–water partition coefficient (Wildman–Crippen LogP) is 1.74. The van der Waals surface area contributed by atoms with Crippen LogP contribution in [-0.2, 0) is 0 Å². The number of aliphatic hydroxyl groups is 1. The van der Waals surface area contributed by atoms with Crippen LogP contribution in [-0.4, -0.2) is 37.4 Å². The lowest BCUT2D eigenvalue weighted by Gasteiger charge is -2.16. The van der Waals surface area contributed by atoms with Crippen molar-refractivity contribution in [2.24, 2.45) is 0 Å². The highest BCUT2D eigenvalue weighted by Gasteiger charge is 2.19. The van der Waals surface area contributed by atoms with Crippen LogP contribution in [0.4, 0.5) is 0 Å². The maximum atomic E-state index is 11.8. The number of hydrogen-bond acceptors (Lipinski definition) is 4. The van der Waals surface area contributed by atoms with Gasteiger partial charge >= 0.3 is 0 Å². The lowest BCUT2D eigenvalue weighted by molar-refractivity contribution is 0.0944. The molecular weight excluding hydrogens is 258 g/mol. The van der Waals surface area contributed by atoms with E-state index in [2.05, 4.69) is 5.32 Å². The maximum Gasteiger partial charge on any atom is 0.251 e. The summed E-state index contributed by atoms with van der Waals surface area (Å²) in [5.41, 5.74) is 0.495. The van der Waals surface area contributed by atoms with Gasteiger partial charge in [0.05, 0.1) is 19.8 Å². The van der Waals surface area contributed by atoms with E-state index in [0.717, 1.165) is 12.8 Å². The third kappa shape index (κ3) is 3.63. The summed E-state index contributed by atoms with van der Waals surface area (Å²) in [5, 5.41) is 11.3. The van der Waals surface area contributed by atoms with Crippen LogP contribution in [0.3, 0.4) is 0 Å². The first-order valence-corrected chi connectivity index (χ1v) is 6.98. The largest absolute Gasteiger partial charge is 0.493 e. The van der Waals surface area contributed by atoms with Crippen molar-refractivity contribution in [1.82, 2.24) is 5.32 Å². The highest BCUT2D eigenvalue weighted by molar-refractivity contribution is 5.94. The van der Waals surface area contributed by atoms with Gasteiger partial charge in [-0.3, -0.25) is 4.79 Å². The van der Waals surface area contributed by atoms with Crippen LogP contribution >= 0.6 is 0 Å². The summed E-state index contributed by atoms with van der Waals surface area (Å²) < 4.78 is 11.2. The third-order valence-electron chi connectivity index (χ3n) is 3.42. The summed E-state index contributed by atoms with van der Waals surface area (Å²) in [6, 6.07) is 5.14. The first-order valence-electron chi connectivity index (χ1n) is 6.98. The zero-order chi connectivity index (χ0) is 14.4. The molecule has 2 N–H and O–H groups in total. The Labute approximate surface area is 118 Å². The Hall–Kier alpha value is -1.75. The topological polar surface area (TPSA) is 67.8 Å².